The van der Waals surface area contributed by atoms with Gasteiger partial charge >= 0.3 is 0 Å². The highest BCUT2D eigenvalue weighted by atomic mass is 16.5. The van der Waals surface area contributed by atoms with E-state index >= 15 is 0 Å². The van der Waals surface area contributed by atoms with Crippen LogP contribution < -0.4 is 9.64 Å². The maximum atomic E-state index is 13.7. The van der Waals surface area contributed by atoms with E-state index < -0.39 is 0 Å². The number of methoxy groups -OCH3 is 1. The Morgan fingerprint density at radius 1 is 1.03 bits per heavy atom. The van der Waals surface area contributed by atoms with E-state index in [4.69, 9.17) is 4.74 Å². The number of carbonyl (C=O) groups excluding carboxylic acids is 2. The highest BCUT2D eigenvalue weighted by Gasteiger charge is 2.40. The van der Waals surface area contributed by atoms with Crippen molar-refractivity contribution in [2.75, 3.05) is 12.0 Å². The number of Topliss-reactive ketones (excluding diaryl/α,β-unsaturated/α-hetero) is 1. The number of amides is 1. The molecule has 0 spiro atoms. The van der Waals surface area contributed by atoms with Gasteiger partial charge in [-0.25, -0.2) is 0 Å². The summed E-state index contributed by atoms with van der Waals surface area (Å²) in [6.07, 6.45) is 1.21. The number of carbonyl (C=O) groups is 2. The molecule has 170 valence electrons. The van der Waals surface area contributed by atoms with Crippen LogP contribution in [0.2, 0.25) is 0 Å². The minimum absolute atomic E-state index is 0.0210. The molecule has 0 fully saturated rings. The van der Waals surface area contributed by atoms with Crippen LogP contribution in [-0.4, -0.2) is 24.8 Å². The van der Waals surface area contributed by atoms with Gasteiger partial charge in [0, 0.05) is 35.5 Å². The summed E-state index contributed by atoms with van der Waals surface area (Å²) in [6, 6.07) is 23.6. The summed E-state index contributed by atoms with van der Waals surface area (Å²) >= 11 is 0. The lowest BCUT2D eigenvalue weighted by Gasteiger charge is -2.42. The van der Waals surface area contributed by atoms with Crippen molar-refractivity contribution in [2.45, 2.75) is 51.5 Å². The first-order valence-corrected chi connectivity index (χ1v) is 11.6. The van der Waals surface area contributed by atoms with Gasteiger partial charge < -0.3 is 9.64 Å². The minimum Gasteiger partial charge on any atom is -0.496 e. The van der Waals surface area contributed by atoms with Gasteiger partial charge in [0.15, 0.2) is 0 Å². The molecule has 3 aromatic rings. The van der Waals surface area contributed by atoms with Crippen LogP contribution in [0.15, 0.2) is 72.8 Å². The lowest BCUT2D eigenvalue weighted by Crippen LogP contribution is -2.44. The molecule has 1 amide bonds. The molecule has 0 aliphatic carbocycles. The van der Waals surface area contributed by atoms with Gasteiger partial charge in [0.1, 0.15) is 11.5 Å². The second kappa shape index (κ2) is 9.62. The summed E-state index contributed by atoms with van der Waals surface area (Å²) in [7, 11) is 1.63. The standard InChI is InChI=1S/C29H31NO3/c1-5-26(31)28(21-11-7-6-8-12-21)24-18-20(3)30(25-14-10-9-13-23(24)25)29(32)22-15-16-27(33-4)19(2)17-22/h6-17,20,24,28H,5,18H2,1-4H3. The highest BCUT2D eigenvalue weighted by Crippen LogP contribution is 2.46. The Balaban J connectivity index is 1.77. The molecule has 0 bridgehead atoms. The molecule has 0 saturated carbocycles. The number of para-hydroxylation sites is 1. The van der Waals surface area contributed by atoms with E-state index in [1.54, 1.807) is 7.11 Å². The second-order valence-electron chi connectivity index (χ2n) is 8.82. The third kappa shape index (κ3) is 4.30. The number of fused-ring (bicyclic) bond motifs is 1. The lowest BCUT2D eigenvalue weighted by atomic mass is 9.72. The van der Waals surface area contributed by atoms with Crippen molar-refractivity contribution < 1.29 is 14.3 Å². The zero-order chi connectivity index (χ0) is 23.5. The number of ether oxygens (including phenoxy) is 1. The maximum Gasteiger partial charge on any atom is 0.258 e. The van der Waals surface area contributed by atoms with Crippen molar-refractivity contribution in [1.29, 1.82) is 0 Å². The molecule has 4 nitrogen and oxygen atoms in total. The molecule has 1 heterocycles. The SMILES string of the molecule is CCC(=O)C(c1ccccc1)C1CC(C)N(C(=O)c2ccc(OC)c(C)c2)c2ccccc21. The van der Waals surface area contributed by atoms with Crippen LogP contribution in [0.4, 0.5) is 5.69 Å². The van der Waals surface area contributed by atoms with Gasteiger partial charge in [0.25, 0.3) is 5.91 Å². The molecule has 0 radical (unpaired) electrons. The van der Waals surface area contributed by atoms with Gasteiger partial charge in [0.2, 0.25) is 0 Å². The zero-order valence-corrected chi connectivity index (χ0v) is 19.7. The van der Waals surface area contributed by atoms with E-state index in [9.17, 15) is 9.59 Å². The first-order chi connectivity index (χ1) is 16.0. The Labute approximate surface area is 196 Å². The second-order valence-corrected chi connectivity index (χ2v) is 8.82. The van der Waals surface area contributed by atoms with Gasteiger partial charge in [-0.15, -0.1) is 0 Å². The van der Waals surface area contributed by atoms with Crippen molar-refractivity contribution in [3.8, 4) is 5.75 Å². The predicted molar refractivity (Wildman–Crippen MR) is 132 cm³/mol. The third-order valence-corrected chi connectivity index (χ3v) is 6.75. The Morgan fingerprint density at radius 3 is 2.39 bits per heavy atom. The fourth-order valence-electron chi connectivity index (χ4n) is 5.16. The van der Waals surface area contributed by atoms with E-state index in [0.29, 0.717) is 12.0 Å². The topological polar surface area (TPSA) is 46.6 Å². The highest BCUT2D eigenvalue weighted by molar-refractivity contribution is 6.07. The summed E-state index contributed by atoms with van der Waals surface area (Å²) < 4.78 is 5.36. The Morgan fingerprint density at radius 2 is 1.73 bits per heavy atom. The molecule has 1 aliphatic heterocycles. The monoisotopic (exact) mass is 441 g/mol. The van der Waals surface area contributed by atoms with E-state index in [2.05, 4.69) is 13.0 Å². The molecular formula is C29H31NO3. The molecule has 3 unspecified atom stereocenters. The van der Waals surface area contributed by atoms with Crippen molar-refractivity contribution in [2.24, 2.45) is 0 Å². The van der Waals surface area contributed by atoms with Crippen LogP contribution in [-0.2, 0) is 4.79 Å². The molecule has 0 saturated heterocycles. The molecule has 33 heavy (non-hydrogen) atoms. The normalized spacial score (nSPS) is 18.4. The van der Waals surface area contributed by atoms with Crippen molar-refractivity contribution in [1.82, 2.24) is 0 Å². The summed E-state index contributed by atoms with van der Waals surface area (Å²) in [5.74, 6) is 0.770. The quantitative estimate of drug-likeness (QED) is 0.452. The van der Waals surface area contributed by atoms with E-state index in [1.807, 2.05) is 85.5 Å². The predicted octanol–water partition coefficient (Wildman–Crippen LogP) is 6.29. The first-order valence-electron chi connectivity index (χ1n) is 11.6. The largest absolute Gasteiger partial charge is 0.496 e. The summed E-state index contributed by atoms with van der Waals surface area (Å²) in [6.45, 7) is 5.95. The Kier molecular flexibility index (Phi) is 6.64. The number of hydrogen-bond acceptors (Lipinski definition) is 3. The molecule has 1 aliphatic rings. The van der Waals surface area contributed by atoms with Crippen molar-refractivity contribution >= 4 is 17.4 Å². The van der Waals surface area contributed by atoms with Gasteiger partial charge in [-0.1, -0.05) is 55.5 Å². The van der Waals surface area contributed by atoms with Crippen LogP contribution in [0.1, 0.15) is 65.6 Å². The molecular weight excluding hydrogens is 410 g/mol. The molecule has 0 N–H and O–H groups in total. The van der Waals surface area contributed by atoms with Crippen molar-refractivity contribution in [3.05, 3.63) is 95.1 Å². The van der Waals surface area contributed by atoms with Gasteiger partial charge in [-0.2, -0.15) is 0 Å². The average Bonchev–Trinajstić information content (AvgIpc) is 2.84. The Hall–Kier alpha value is -3.40. The van der Waals surface area contributed by atoms with Gasteiger partial charge in [0.05, 0.1) is 7.11 Å². The number of benzene rings is 3. The van der Waals surface area contributed by atoms with Crippen LogP contribution in [0, 0.1) is 6.92 Å². The van der Waals surface area contributed by atoms with E-state index in [-0.39, 0.29) is 29.6 Å². The van der Waals surface area contributed by atoms with Crippen LogP contribution in [0.5, 0.6) is 5.75 Å². The fourth-order valence-corrected chi connectivity index (χ4v) is 5.16. The number of ketones is 1. The number of aryl methyl sites for hydroxylation is 1. The summed E-state index contributed by atoms with van der Waals surface area (Å²) in [4.78, 5) is 28.7. The molecule has 4 rings (SSSR count). The van der Waals surface area contributed by atoms with E-state index in [1.165, 1.54) is 0 Å². The van der Waals surface area contributed by atoms with Gasteiger partial charge in [-0.05, 0) is 61.2 Å². The molecule has 3 atom stereocenters. The minimum atomic E-state index is -0.222. The lowest BCUT2D eigenvalue weighted by molar-refractivity contribution is -0.120. The van der Waals surface area contributed by atoms with Crippen LogP contribution in [0.25, 0.3) is 0 Å². The number of nitrogens with zero attached hydrogens (tertiary/aromatic N) is 1. The van der Waals surface area contributed by atoms with E-state index in [0.717, 1.165) is 34.5 Å². The third-order valence-electron chi connectivity index (χ3n) is 6.75. The zero-order valence-electron chi connectivity index (χ0n) is 19.7. The van der Waals surface area contributed by atoms with Gasteiger partial charge in [-0.3, -0.25) is 9.59 Å². The summed E-state index contributed by atoms with van der Waals surface area (Å²) in [5, 5.41) is 0. The molecule has 3 aromatic carbocycles. The maximum absolute atomic E-state index is 13.7. The van der Waals surface area contributed by atoms with Crippen LogP contribution in [0.3, 0.4) is 0 Å². The van der Waals surface area contributed by atoms with Crippen molar-refractivity contribution in [3.63, 3.8) is 0 Å². The molecule has 4 heteroatoms. The number of anilines is 1. The smallest absolute Gasteiger partial charge is 0.258 e. The Bertz CT molecular complexity index is 1150. The van der Waals surface area contributed by atoms with Crippen LogP contribution >= 0.6 is 0 Å². The number of rotatable bonds is 6. The number of hydrogen-bond donors (Lipinski definition) is 0. The average molecular weight is 442 g/mol. The summed E-state index contributed by atoms with van der Waals surface area (Å²) in [5.41, 5.74) is 4.56. The molecule has 0 aromatic heterocycles. The first kappa shape index (κ1) is 22.8. The fraction of sp³-hybridized carbons (Fsp3) is 0.310.